The molecule has 0 radical (unpaired) electrons. The molecular weight excluding hydrogens is 245 g/mol. The molecule has 14 heavy (non-hydrogen) atoms. The van der Waals surface area contributed by atoms with Gasteiger partial charge in [0.25, 0.3) is 0 Å². The van der Waals surface area contributed by atoms with Crippen LogP contribution >= 0.6 is 34.7 Å². The lowest BCUT2D eigenvalue weighted by Crippen LogP contribution is -1.89. The van der Waals surface area contributed by atoms with Crippen molar-refractivity contribution >= 4 is 34.7 Å². The Bertz CT molecular complexity index is 435. The lowest BCUT2D eigenvalue weighted by Gasteiger charge is -1.97. The van der Waals surface area contributed by atoms with E-state index in [4.69, 9.17) is 11.6 Å². The van der Waals surface area contributed by atoms with Crippen LogP contribution in [0.25, 0.3) is 0 Å². The summed E-state index contributed by atoms with van der Waals surface area (Å²) in [5.74, 6) is -0.491. The molecule has 0 fully saturated rings. The topological polar surface area (TPSA) is 38.7 Å². The van der Waals surface area contributed by atoms with Gasteiger partial charge in [0.05, 0.1) is 6.20 Å². The largest absolute Gasteiger partial charge is 0.238 e. The van der Waals surface area contributed by atoms with Crippen molar-refractivity contribution in [2.24, 2.45) is 0 Å². The third-order valence-corrected chi connectivity index (χ3v) is 3.32. The molecule has 0 saturated heterocycles. The summed E-state index contributed by atoms with van der Waals surface area (Å²) in [4.78, 5) is 11.3. The van der Waals surface area contributed by atoms with Crippen molar-refractivity contribution in [2.75, 3.05) is 0 Å². The van der Waals surface area contributed by atoms with Crippen molar-refractivity contribution in [1.29, 1.82) is 0 Å². The van der Waals surface area contributed by atoms with Crippen LogP contribution in [0.4, 0.5) is 4.39 Å². The van der Waals surface area contributed by atoms with Crippen LogP contribution in [0.2, 0.25) is 5.28 Å². The van der Waals surface area contributed by atoms with E-state index in [-0.39, 0.29) is 10.3 Å². The summed E-state index contributed by atoms with van der Waals surface area (Å²) in [6, 6.07) is 0. The average molecular weight is 248 g/mol. The van der Waals surface area contributed by atoms with Crippen molar-refractivity contribution in [2.45, 2.75) is 9.37 Å². The average Bonchev–Trinajstić information content (AvgIpc) is 2.64. The highest BCUT2D eigenvalue weighted by molar-refractivity contribution is 8.01. The molecule has 0 aliphatic carbocycles. The van der Waals surface area contributed by atoms with E-state index >= 15 is 0 Å². The first-order valence-electron chi connectivity index (χ1n) is 3.51. The lowest BCUT2D eigenvalue weighted by molar-refractivity contribution is 0.579. The number of nitrogens with zero attached hydrogens (tertiary/aromatic N) is 3. The van der Waals surface area contributed by atoms with Crippen LogP contribution in [0.5, 0.6) is 0 Å². The number of rotatable bonds is 2. The number of thiazole rings is 1. The Labute approximate surface area is 92.4 Å². The van der Waals surface area contributed by atoms with Gasteiger partial charge < -0.3 is 0 Å². The molecule has 3 nitrogen and oxygen atoms in total. The molecule has 0 amide bonds. The zero-order valence-electron chi connectivity index (χ0n) is 6.65. The number of halogens is 2. The Balaban J connectivity index is 2.28. The summed E-state index contributed by atoms with van der Waals surface area (Å²) in [7, 11) is 0. The summed E-state index contributed by atoms with van der Waals surface area (Å²) in [6.45, 7) is 0. The lowest BCUT2D eigenvalue weighted by atomic mass is 10.6. The molecule has 0 atom stereocenters. The minimum atomic E-state index is -0.491. The maximum atomic E-state index is 13.1. The SMILES string of the molecule is Fc1cnc(Cl)nc1Sc1nccs1. The van der Waals surface area contributed by atoms with Crippen LogP contribution in [-0.2, 0) is 0 Å². The molecule has 2 aromatic heterocycles. The second kappa shape index (κ2) is 4.20. The van der Waals surface area contributed by atoms with Gasteiger partial charge in [-0.25, -0.2) is 19.3 Å². The van der Waals surface area contributed by atoms with E-state index < -0.39 is 5.82 Å². The maximum Gasteiger partial charge on any atom is 0.223 e. The smallest absolute Gasteiger partial charge is 0.223 e. The number of hydrogen-bond acceptors (Lipinski definition) is 5. The van der Waals surface area contributed by atoms with Gasteiger partial charge in [-0.15, -0.1) is 11.3 Å². The third kappa shape index (κ3) is 2.20. The monoisotopic (exact) mass is 247 g/mol. The first-order chi connectivity index (χ1) is 6.75. The Morgan fingerprint density at radius 2 is 2.29 bits per heavy atom. The van der Waals surface area contributed by atoms with Crippen LogP contribution in [0.3, 0.4) is 0 Å². The molecule has 0 unspecified atom stereocenters. The number of aromatic nitrogens is 3. The molecule has 2 heterocycles. The quantitative estimate of drug-likeness (QED) is 0.604. The van der Waals surface area contributed by atoms with Gasteiger partial charge in [0, 0.05) is 11.6 Å². The van der Waals surface area contributed by atoms with Gasteiger partial charge in [-0.05, 0) is 23.4 Å². The summed E-state index contributed by atoms with van der Waals surface area (Å²) >= 11 is 8.08. The minimum absolute atomic E-state index is 0.0328. The first-order valence-corrected chi connectivity index (χ1v) is 5.58. The summed E-state index contributed by atoms with van der Waals surface area (Å²) < 4.78 is 13.9. The van der Waals surface area contributed by atoms with Crippen LogP contribution < -0.4 is 0 Å². The highest BCUT2D eigenvalue weighted by Gasteiger charge is 2.09. The van der Waals surface area contributed by atoms with E-state index in [0.717, 1.165) is 22.3 Å². The van der Waals surface area contributed by atoms with E-state index in [1.165, 1.54) is 11.3 Å². The maximum absolute atomic E-state index is 13.1. The molecular formula is C7H3ClFN3S2. The van der Waals surface area contributed by atoms with E-state index in [0.29, 0.717) is 0 Å². The second-order valence-electron chi connectivity index (χ2n) is 2.19. The van der Waals surface area contributed by atoms with Gasteiger partial charge in [-0.3, -0.25) is 0 Å². The van der Waals surface area contributed by atoms with Crippen LogP contribution in [0.15, 0.2) is 27.1 Å². The van der Waals surface area contributed by atoms with E-state index in [1.807, 2.05) is 5.38 Å². The fourth-order valence-corrected chi connectivity index (χ4v) is 2.45. The van der Waals surface area contributed by atoms with Crippen molar-refractivity contribution in [3.63, 3.8) is 0 Å². The van der Waals surface area contributed by atoms with Crippen LogP contribution in [0, 0.1) is 5.82 Å². The standard InChI is InChI=1S/C7H3ClFN3S2/c8-6-11-3-4(9)5(12-6)14-7-10-1-2-13-7/h1-3H. The van der Waals surface area contributed by atoms with Crippen molar-refractivity contribution in [1.82, 2.24) is 15.0 Å². The first kappa shape index (κ1) is 9.82. The van der Waals surface area contributed by atoms with Crippen LogP contribution in [0.1, 0.15) is 0 Å². The third-order valence-electron chi connectivity index (χ3n) is 1.28. The normalized spacial score (nSPS) is 10.4. The van der Waals surface area contributed by atoms with Gasteiger partial charge in [0.1, 0.15) is 5.03 Å². The second-order valence-corrected chi connectivity index (χ2v) is 4.66. The molecule has 0 aliphatic heterocycles. The van der Waals surface area contributed by atoms with Gasteiger partial charge in [-0.2, -0.15) is 0 Å². The molecule has 2 aromatic rings. The van der Waals surface area contributed by atoms with Gasteiger partial charge >= 0.3 is 0 Å². The molecule has 0 bridgehead atoms. The van der Waals surface area contributed by atoms with E-state index in [9.17, 15) is 4.39 Å². The molecule has 0 aliphatic rings. The minimum Gasteiger partial charge on any atom is -0.238 e. The van der Waals surface area contributed by atoms with Gasteiger partial charge in [0.2, 0.25) is 5.28 Å². The van der Waals surface area contributed by atoms with Crippen LogP contribution in [-0.4, -0.2) is 15.0 Å². The summed E-state index contributed by atoms with van der Waals surface area (Å²) in [5.41, 5.74) is 0. The van der Waals surface area contributed by atoms with E-state index in [2.05, 4.69) is 15.0 Å². The van der Waals surface area contributed by atoms with Gasteiger partial charge in [0.15, 0.2) is 10.2 Å². The molecule has 2 rings (SSSR count). The predicted octanol–water partition coefficient (Wildman–Crippen LogP) is 2.88. The van der Waals surface area contributed by atoms with Gasteiger partial charge in [-0.1, -0.05) is 0 Å². The fourth-order valence-electron chi connectivity index (χ4n) is 0.746. The zero-order chi connectivity index (χ0) is 9.97. The number of hydrogen-bond donors (Lipinski definition) is 0. The van der Waals surface area contributed by atoms with Crippen molar-refractivity contribution in [3.05, 3.63) is 28.9 Å². The molecule has 0 aromatic carbocycles. The van der Waals surface area contributed by atoms with Crippen molar-refractivity contribution < 1.29 is 4.39 Å². The molecule has 72 valence electrons. The predicted molar refractivity (Wildman–Crippen MR) is 53.2 cm³/mol. The Morgan fingerprint density at radius 3 is 3.00 bits per heavy atom. The Hall–Kier alpha value is -0.720. The molecule has 7 heteroatoms. The zero-order valence-corrected chi connectivity index (χ0v) is 9.04. The summed E-state index contributed by atoms with van der Waals surface area (Å²) in [5, 5.41) is 2.04. The Morgan fingerprint density at radius 1 is 1.43 bits per heavy atom. The summed E-state index contributed by atoms with van der Waals surface area (Å²) in [6.07, 6.45) is 2.69. The fraction of sp³-hybridized carbons (Fsp3) is 0. The Kier molecular flexibility index (Phi) is 2.95. The molecule has 0 spiro atoms. The molecule has 0 N–H and O–H groups in total. The highest BCUT2D eigenvalue weighted by atomic mass is 35.5. The van der Waals surface area contributed by atoms with Crippen molar-refractivity contribution in [3.8, 4) is 0 Å². The highest BCUT2D eigenvalue weighted by Crippen LogP contribution is 2.29. The van der Waals surface area contributed by atoms with E-state index in [1.54, 1.807) is 6.20 Å². The molecule has 0 saturated carbocycles.